The molecule has 2 aromatic carbocycles. The highest BCUT2D eigenvalue weighted by Crippen LogP contribution is 2.49. The lowest BCUT2D eigenvalue weighted by molar-refractivity contribution is -0.120. The number of sulfone groups is 1. The van der Waals surface area contributed by atoms with E-state index < -0.39 is 37.7 Å². The molecule has 8 nitrogen and oxygen atoms in total. The van der Waals surface area contributed by atoms with Crippen LogP contribution in [0.1, 0.15) is 18.4 Å². The van der Waals surface area contributed by atoms with E-state index in [-0.39, 0.29) is 12.2 Å². The number of amides is 3. The lowest BCUT2D eigenvalue weighted by Gasteiger charge is -2.21. The Morgan fingerprint density at radius 1 is 0.972 bits per heavy atom. The molecule has 1 aliphatic carbocycles. The van der Waals surface area contributed by atoms with E-state index in [1.807, 2.05) is 30.3 Å². The summed E-state index contributed by atoms with van der Waals surface area (Å²) in [6.45, 7) is 0.119. The molecule has 0 unspecified atom stereocenters. The number of alkyl halides is 3. The van der Waals surface area contributed by atoms with Crippen LogP contribution in [-0.2, 0) is 21.2 Å². The number of hydrogen-bond donors (Lipinski definition) is 1. The van der Waals surface area contributed by atoms with Gasteiger partial charge in [0.25, 0.3) is 15.7 Å². The highest BCUT2D eigenvalue weighted by molar-refractivity contribution is 7.92. The van der Waals surface area contributed by atoms with Crippen LogP contribution in [0.4, 0.5) is 35.2 Å². The highest BCUT2D eigenvalue weighted by atomic mass is 32.2. The summed E-state index contributed by atoms with van der Waals surface area (Å²) >= 11 is 0. The van der Waals surface area contributed by atoms with Gasteiger partial charge >= 0.3 is 11.5 Å². The quantitative estimate of drug-likeness (QED) is 0.480. The Balaban J connectivity index is 1.38. The number of nitrogens with zero attached hydrogens (tertiary/aromatic N) is 3. The van der Waals surface area contributed by atoms with Gasteiger partial charge in [-0.25, -0.2) is 23.1 Å². The molecule has 36 heavy (non-hydrogen) atoms. The van der Waals surface area contributed by atoms with E-state index in [4.69, 9.17) is 0 Å². The highest BCUT2D eigenvalue weighted by Gasteiger charge is 2.65. The van der Waals surface area contributed by atoms with E-state index in [0.717, 1.165) is 40.4 Å². The van der Waals surface area contributed by atoms with Crippen LogP contribution in [0, 0.1) is 0 Å². The molecule has 1 N–H and O–H groups in total. The number of hydrogen-bond acceptors (Lipinski definition) is 6. The van der Waals surface area contributed by atoms with Gasteiger partial charge in [0.05, 0.1) is 10.6 Å². The Hall–Kier alpha value is -3.93. The predicted octanol–water partition coefficient (Wildman–Crippen LogP) is 4.62. The van der Waals surface area contributed by atoms with E-state index in [9.17, 15) is 31.2 Å². The van der Waals surface area contributed by atoms with Crippen molar-refractivity contribution in [3.05, 3.63) is 78.5 Å². The van der Waals surface area contributed by atoms with Crippen molar-refractivity contribution >= 4 is 39.0 Å². The first-order chi connectivity index (χ1) is 17.0. The van der Waals surface area contributed by atoms with Crippen molar-refractivity contribution in [2.24, 2.45) is 0 Å². The van der Waals surface area contributed by atoms with Crippen LogP contribution < -0.4 is 10.2 Å². The second kappa shape index (κ2) is 8.33. The number of carbonyl (C=O) groups excluding carboxylic acids is 2. The summed E-state index contributed by atoms with van der Waals surface area (Å²) in [5.41, 5.74) is -4.92. The topological polar surface area (TPSA) is 99.7 Å². The van der Waals surface area contributed by atoms with Crippen molar-refractivity contribution in [1.29, 1.82) is 0 Å². The number of para-hydroxylation sites is 1. The van der Waals surface area contributed by atoms with E-state index in [2.05, 4.69) is 10.3 Å². The lowest BCUT2D eigenvalue weighted by Crippen LogP contribution is -2.36. The normalized spacial score (nSPS) is 17.1. The summed E-state index contributed by atoms with van der Waals surface area (Å²) in [6.07, 6.45) is 2.49. The van der Waals surface area contributed by atoms with E-state index in [1.54, 1.807) is 18.3 Å². The van der Waals surface area contributed by atoms with Gasteiger partial charge in [-0.15, -0.1) is 0 Å². The smallest absolute Gasteiger partial charge is 0.340 e. The third-order valence-corrected chi connectivity index (χ3v) is 7.69. The number of aromatic nitrogens is 1. The minimum Gasteiger partial charge on any atom is -0.340 e. The van der Waals surface area contributed by atoms with Crippen molar-refractivity contribution in [3.63, 3.8) is 0 Å². The van der Waals surface area contributed by atoms with Crippen LogP contribution in [0.15, 0.2) is 77.8 Å². The van der Waals surface area contributed by atoms with Crippen molar-refractivity contribution in [2.75, 3.05) is 10.2 Å². The van der Waals surface area contributed by atoms with Crippen LogP contribution in [0.5, 0.6) is 0 Å². The zero-order valence-corrected chi connectivity index (χ0v) is 19.4. The number of rotatable bonds is 6. The van der Waals surface area contributed by atoms with Crippen molar-refractivity contribution in [3.8, 4) is 0 Å². The predicted molar refractivity (Wildman–Crippen MR) is 124 cm³/mol. The molecule has 1 aliphatic heterocycles. The summed E-state index contributed by atoms with van der Waals surface area (Å²) < 4.78 is 61.8. The van der Waals surface area contributed by atoms with Crippen LogP contribution in [0.2, 0.25) is 0 Å². The molecule has 186 valence electrons. The summed E-state index contributed by atoms with van der Waals surface area (Å²) in [5.74, 6) is 0.0652. The Kier molecular flexibility index (Phi) is 5.51. The maximum absolute atomic E-state index is 13.3. The maximum Gasteiger partial charge on any atom is 0.501 e. The Labute approximate surface area is 204 Å². The largest absolute Gasteiger partial charge is 0.501 e. The van der Waals surface area contributed by atoms with Gasteiger partial charge in [0, 0.05) is 18.4 Å². The third-order valence-electron chi connectivity index (χ3n) is 6.18. The first kappa shape index (κ1) is 23.8. The maximum atomic E-state index is 13.3. The van der Waals surface area contributed by atoms with Gasteiger partial charge in [-0.3, -0.25) is 4.79 Å². The van der Waals surface area contributed by atoms with Gasteiger partial charge in [-0.2, -0.15) is 13.2 Å². The fraction of sp³-hybridized carbons (Fsp3) is 0.208. The van der Waals surface area contributed by atoms with E-state index in [0.29, 0.717) is 18.7 Å². The third kappa shape index (κ3) is 3.96. The summed E-state index contributed by atoms with van der Waals surface area (Å²) in [5, 5.41) is 3.17. The van der Waals surface area contributed by atoms with Crippen LogP contribution in [0.3, 0.4) is 0 Å². The molecule has 1 aromatic heterocycles. The average Bonchev–Trinajstić information content (AvgIpc) is 3.62. The minimum atomic E-state index is -5.54. The average molecular weight is 517 g/mol. The Morgan fingerprint density at radius 3 is 2.25 bits per heavy atom. The fourth-order valence-corrected chi connectivity index (χ4v) is 4.93. The Bertz CT molecular complexity index is 1440. The van der Waals surface area contributed by atoms with Gasteiger partial charge in [-0.05, 0) is 66.9 Å². The number of anilines is 3. The second-order valence-electron chi connectivity index (χ2n) is 8.52. The Morgan fingerprint density at radius 2 is 1.64 bits per heavy atom. The van der Waals surface area contributed by atoms with Gasteiger partial charge in [-0.1, -0.05) is 18.2 Å². The van der Waals surface area contributed by atoms with Gasteiger partial charge in [0.2, 0.25) is 0 Å². The summed E-state index contributed by atoms with van der Waals surface area (Å²) in [6, 6.07) is 15.8. The van der Waals surface area contributed by atoms with Gasteiger partial charge < -0.3 is 10.2 Å². The van der Waals surface area contributed by atoms with Crippen LogP contribution >= 0.6 is 0 Å². The molecule has 2 fully saturated rings. The number of nitrogens with one attached hydrogen (secondary N) is 1. The van der Waals surface area contributed by atoms with E-state index in [1.165, 1.54) is 4.90 Å². The lowest BCUT2D eigenvalue weighted by atomic mass is 10.2. The molecule has 2 aliphatic rings. The van der Waals surface area contributed by atoms with Crippen molar-refractivity contribution in [1.82, 2.24) is 9.88 Å². The second-order valence-corrected chi connectivity index (χ2v) is 10.5. The first-order valence-electron chi connectivity index (χ1n) is 10.9. The molecule has 2 heterocycles. The monoisotopic (exact) mass is 516 g/mol. The molecule has 3 aromatic rings. The number of benzene rings is 2. The van der Waals surface area contributed by atoms with Crippen LogP contribution in [-0.4, -0.2) is 41.3 Å². The molecule has 12 heteroatoms. The number of imide groups is 1. The first-order valence-corrected chi connectivity index (χ1v) is 12.4. The SMILES string of the molecule is O=C1N(c2ccc(S(=O)(=O)C(F)(F)F)cc2)C(=O)C2(CC2)N1Cc1ccnc(Nc2ccccc2)c1. The number of urea groups is 1. The standard InChI is InChI=1S/C24H19F3N4O4S/c25-24(26,27)36(34,35)19-8-6-18(7-9-19)31-21(32)23(11-12-23)30(22(31)33)15-16-10-13-28-20(14-16)29-17-4-2-1-3-5-17/h1-10,13-14H,11-12,15H2,(H,28,29). The van der Waals surface area contributed by atoms with Crippen LogP contribution in [0.25, 0.3) is 0 Å². The molecule has 0 radical (unpaired) electrons. The molecule has 1 spiro atoms. The minimum absolute atomic E-state index is 0.000983. The molecule has 5 rings (SSSR count). The zero-order valence-electron chi connectivity index (χ0n) is 18.6. The van der Waals surface area contributed by atoms with E-state index >= 15 is 0 Å². The summed E-state index contributed by atoms with van der Waals surface area (Å²) in [7, 11) is -5.54. The molecular weight excluding hydrogens is 497 g/mol. The number of halogens is 3. The molecule has 0 atom stereocenters. The zero-order chi connectivity index (χ0) is 25.7. The van der Waals surface area contributed by atoms with Crippen molar-refractivity contribution in [2.45, 2.75) is 35.3 Å². The summed E-state index contributed by atoms with van der Waals surface area (Å²) in [4.78, 5) is 32.1. The molecule has 1 saturated carbocycles. The number of pyridine rings is 1. The van der Waals surface area contributed by atoms with Crippen molar-refractivity contribution < 1.29 is 31.2 Å². The van der Waals surface area contributed by atoms with Gasteiger partial charge in [0.15, 0.2) is 0 Å². The molecule has 1 saturated heterocycles. The fourth-order valence-electron chi connectivity index (χ4n) is 4.16. The molecule has 0 bridgehead atoms. The van der Waals surface area contributed by atoms with Gasteiger partial charge in [0.1, 0.15) is 11.4 Å². The number of carbonyl (C=O) groups is 2. The molecule has 3 amide bonds. The molecular formula is C24H19F3N4O4S.